The van der Waals surface area contributed by atoms with Crippen molar-refractivity contribution >= 4 is 34.8 Å². The Morgan fingerprint density at radius 2 is 1.83 bits per heavy atom. The summed E-state index contributed by atoms with van der Waals surface area (Å²) in [6.07, 6.45) is 1.95. The van der Waals surface area contributed by atoms with Gasteiger partial charge in [-0.1, -0.05) is 46.2 Å². The van der Waals surface area contributed by atoms with Crippen LogP contribution >= 0.6 is 12.2 Å². The smallest absolute Gasteiger partial charge is 0.253 e. The third-order valence-electron chi connectivity index (χ3n) is 3.14. The van der Waals surface area contributed by atoms with E-state index >= 15 is 0 Å². The van der Waals surface area contributed by atoms with Gasteiger partial charge in [0, 0.05) is 12.0 Å². The minimum Gasteiger partial charge on any atom is -0.352 e. The Balaban J connectivity index is 2.75. The number of carbonyl (C=O) groups excluding carboxylic acids is 2. The van der Waals surface area contributed by atoms with Gasteiger partial charge in [0.1, 0.15) is 0 Å². The Hall–Kier alpha value is -1.95. The van der Waals surface area contributed by atoms with E-state index in [1.165, 1.54) is 0 Å². The van der Waals surface area contributed by atoms with Crippen LogP contribution in [0.25, 0.3) is 0 Å². The van der Waals surface area contributed by atoms with Gasteiger partial charge in [0.05, 0.1) is 11.3 Å². The quantitative estimate of drug-likeness (QED) is 0.571. The van der Waals surface area contributed by atoms with Crippen LogP contribution in [0.3, 0.4) is 0 Å². The van der Waals surface area contributed by atoms with Crippen LogP contribution in [0.5, 0.6) is 0 Å². The fraction of sp³-hybridized carbons (Fsp3) is 0.471. The van der Waals surface area contributed by atoms with Gasteiger partial charge in [-0.15, -0.1) is 0 Å². The number of hydrogen-bond acceptors (Lipinski definition) is 3. The number of unbranched alkanes of at least 4 members (excludes halogenated alkanes) is 1. The van der Waals surface area contributed by atoms with Crippen LogP contribution < -0.4 is 16.0 Å². The monoisotopic (exact) mass is 335 g/mol. The lowest BCUT2D eigenvalue weighted by molar-refractivity contribution is -0.126. The van der Waals surface area contributed by atoms with Crippen molar-refractivity contribution in [3.8, 4) is 0 Å². The van der Waals surface area contributed by atoms with E-state index < -0.39 is 5.41 Å². The molecular formula is C17H25N3O2S. The molecule has 5 nitrogen and oxygen atoms in total. The second-order valence-electron chi connectivity index (χ2n) is 6.31. The van der Waals surface area contributed by atoms with Crippen LogP contribution in [0.1, 0.15) is 50.9 Å². The minimum absolute atomic E-state index is 0.161. The number of carbonyl (C=O) groups is 2. The fourth-order valence-electron chi connectivity index (χ4n) is 1.71. The average molecular weight is 335 g/mol. The first-order valence-corrected chi connectivity index (χ1v) is 8.16. The first-order chi connectivity index (χ1) is 10.8. The van der Waals surface area contributed by atoms with E-state index in [0.29, 0.717) is 17.8 Å². The molecule has 0 fully saturated rings. The number of para-hydroxylation sites is 1. The number of hydrogen-bond donors (Lipinski definition) is 3. The summed E-state index contributed by atoms with van der Waals surface area (Å²) in [4.78, 5) is 24.2. The Morgan fingerprint density at radius 3 is 2.43 bits per heavy atom. The molecule has 0 atom stereocenters. The molecule has 0 saturated carbocycles. The molecule has 2 amide bonds. The molecule has 0 spiro atoms. The summed E-state index contributed by atoms with van der Waals surface area (Å²) in [6, 6.07) is 7.07. The molecule has 126 valence electrons. The van der Waals surface area contributed by atoms with Crippen LogP contribution in [0, 0.1) is 5.41 Å². The van der Waals surface area contributed by atoms with E-state index in [1.807, 2.05) is 0 Å². The van der Waals surface area contributed by atoms with Gasteiger partial charge >= 0.3 is 0 Å². The summed E-state index contributed by atoms with van der Waals surface area (Å²) in [7, 11) is 0. The lowest BCUT2D eigenvalue weighted by atomic mass is 9.96. The highest BCUT2D eigenvalue weighted by molar-refractivity contribution is 7.80. The van der Waals surface area contributed by atoms with Crippen molar-refractivity contribution in [2.45, 2.75) is 40.5 Å². The molecule has 0 unspecified atom stereocenters. The topological polar surface area (TPSA) is 70.2 Å². The lowest BCUT2D eigenvalue weighted by Crippen LogP contribution is -2.41. The number of benzene rings is 1. The molecular weight excluding hydrogens is 310 g/mol. The second kappa shape index (κ2) is 8.62. The van der Waals surface area contributed by atoms with E-state index in [2.05, 4.69) is 22.9 Å². The summed E-state index contributed by atoms with van der Waals surface area (Å²) in [6.45, 7) is 8.12. The van der Waals surface area contributed by atoms with Crippen LogP contribution in [0.15, 0.2) is 24.3 Å². The standard InChI is InChI=1S/C17H25N3O2S/c1-5-6-11-18-14(21)12-9-7-8-10-13(12)19-16(23)20-15(22)17(2,3)4/h7-10H,5-6,11H2,1-4H3,(H,18,21)(H2,19,20,22,23). The largest absolute Gasteiger partial charge is 0.352 e. The van der Waals surface area contributed by atoms with Crippen LogP contribution in [-0.2, 0) is 4.79 Å². The molecule has 3 N–H and O–H groups in total. The second-order valence-corrected chi connectivity index (χ2v) is 6.72. The lowest BCUT2D eigenvalue weighted by Gasteiger charge is -2.19. The van der Waals surface area contributed by atoms with Crippen molar-refractivity contribution in [1.29, 1.82) is 0 Å². The highest BCUT2D eigenvalue weighted by atomic mass is 32.1. The highest BCUT2D eigenvalue weighted by Gasteiger charge is 2.22. The summed E-state index contributed by atoms with van der Waals surface area (Å²) in [5, 5.41) is 8.61. The molecule has 0 heterocycles. The molecule has 0 saturated heterocycles. The SMILES string of the molecule is CCCCNC(=O)c1ccccc1NC(=S)NC(=O)C(C)(C)C. The zero-order chi connectivity index (χ0) is 17.5. The van der Waals surface area contributed by atoms with Crippen molar-refractivity contribution in [3.63, 3.8) is 0 Å². The zero-order valence-corrected chi connectivity index (χ0v) is 15.0. The van der Waals surface area contributed by atoms with E-state index in [-0.39, 0.29) is 16.9 Å². The molecule has 0 aromatic heterocycles. The van der Waals surface area contributed by atoms with Gasteiger partial charge in [-0.05, 0) is 30.8 Å². The molecule has 1 aromatic rings. The minimum atomic E-state index is -0.539. The van der Waals surface area contributed by atoms with E-state index in [1.54, 1.807) is 45.0 Å². The number of thiocarbonyl (C=S) groups is 1. The first-order valence-electron chi connectivity index (χ1n) is 7.75. The molecule has 1 aromatic carbocycles. The predicted molar refractivity (Wildman–Crippen MR) is 97.5 cm³/mol. The van der Waals surface area contributed by atoms with Crippen LogP contribution in [0.2, 0.25) is 0 Å². The maximum Gasteiger partial charge on any atom is 0.253 e. The molecule has 0 aliphatic carbocycles. The number of nitrogens with one attached hydrogen (secondary N) is 3. The Bertz CT molecular complexity index is 579. The summed E-state index contributed by atoms with van der Waals surface area (Å²) in [5.74, 6) is -0.341. The Morgan fingerprint density at radius 1 is 1.17 bits per heavy atom. The maximum atomic E-state index is 12.2. The average Bonchev–Trinajstić information content (AvgIpc) is 2.46. The van der Waals surface area contributed by atoms with Gasteiger partial charge in [-0.2, -0.15) is 0 Å². The van der Waals surface area contributed by atoms with Crippen molar-refractivity contribution < 1.29 is 9.59 Å². The van der Waals surface area contributed by atoms with Crippen LogP contribution in [-0.4, -0.2) is 23.5 Å². The van der Waals surface area contributed by atoms with Crippen molar-refractivity contribution in [2.75, 3.05) is 11.9 Å². The van der Waals surface area contributed by atoms with E-state index in [0.717, 1.165) is 12.8 Å². The number of amides is 2. The fourth-order valence-corrected chi connectivity index (χ4v) is 1.91. The molecule has 6 heteroatoms. The molecule has 1 rings (SSSR count). The maximum absolute atomic E-state index is 12.2. The normalized spacial score (nSPS) is 10.8. The molecule has 0 aliphatic heterocycles. The van der Waals surface area contributed by atoms with Crippen LogP contribution in [0.4, 0.5) is 5.69 Å². The molecule has 0 aliphatic rings. The van der Waals surface area contributed by atoms with E-state index in [9.17, 15) is 9.59 Å². The Kier molecular flexibility index (Phi) is 7.16. The van der Waals surface area contributed by atoms with Gasteiger partial charge in [0.15, 0.2) is 5.11 Å². The first kappa shape index (κ1) is 19.1. The van der Waals surface area contributed by atoms with Gasteiger partial charge in [-0.3, -0.25) is 9.59 Å². The van der Waals surface area contributed by atoms with Gasteiger partial charge in [0.2, 0.25) is 5.91 Å². The van der Waals surface area contributed by atoms with Gasteiger partial charge in [0.25, 0.3) is 5.91 Å². The molecule has 23 heavy (non-hydrogen) atoms. The third kappa shape index (κ3) is 6.36. The summed E-state index contributed by atoms with van der Waals surface area (Å²) < 4.78 is 0. The molecule has 0 radical (unpaired) electrons. The number of anilines is 1. The summed E-state index contributed by atoms with van der Waals surface area (Å²) in [5.41, 5.74) is 0.527. The van der Waals surface area contributed by atoms with Gasteiger partial charge in [-0.25, -0.2) is 0 Å². The van der Waals surface area contributed by atoms with Crippen molar-refractivity contribution in [2.24, 2.45) is 5.41 Å². The van der Waals surface area contributed by atoms with Gasteiger partial charge < -0.3 is 16.0 Å². The highest BCUT2D eigenvalue weighted by Crippen LogP contribution is 2.16. The Labute approximate surface area is 143 Å². The van der Waals surface area contributed by atoms with E-state index in [4.69, 9.17) is 12.2 Å². The third-order valence-corrected chi connectivity index (χ3v) is 3.35. The zero-order valence-electron chi connectivity index (χ0n) is 14.2. The van der Waals surface area contributed by atoms with Crippen molar-refractivity contribution in [1.82, 2.24) is 10.6 Å². The summed E-state index contributed by atoms with van der Waals surface area (Å²) >= 11 is 5.16. The van der Waals surface area contributed by atoms with Crippen molar-refractivity contribution in [3.05, 3.63) is 29.8 Å². The molecule has 0 bridgehead atoms. The predicted octanol–water partition coefficient (Wildman–Crippen LogP) is 3.08. The number of rotatable bonds is 5.